The number of ether oxygens (including phenoxy) is 3. The summed E-state index contributed by atoms with van der Waals surface area (Å²) in [5, 5.41) is 9.97. The van der Waals surface area contributed by atoms with Gasteiger partial charge in [-0.05, 0) is 32.9 Å². The highest BCUT2D eigenvalue weighted by Gasteiger charge is 2.24. The lowest BCUT2D eigenvalue weighted by molar-refractivity contribution is 0.0378. The number of nitrogens with one attached hydrogen (secondary N) is 3. The maximum Gasteiger partial charge on any atom is 0.342 e. The van der Waals surface area contributed by atoms with E-state index >= 15 is 0 Å². The van der Waals surface area contributed by atoms with Crippen molar-refractivity contribution in [2.75, 3.05) is 55.5 Å². The number of hydrogen-bond donors (Lipinski definition) is 3. The monoisotopic (exact) mass is 613 g/mol. The van der Waals surface area contributed by atoms with Crippen LogP contribution in [-0.2, 0) is 16.5 Å². The molecule has 0 atom stereocenters. The van der Waals surface area contributed by atoms with Gasteiger partial charge in [0.05, 0.1) is 49.2 Å². The number of carbonyl (C=O) groups is 2. The Morgan fingerprint density at radius 2 is 1.89 bits per heavy atom. The van der Waals surface area contributed by atoms with Gasteiger partial charge in [-0.15, -0.1) is 0 Å². The summed E-state index contributed by atoms with van der Waals surface area (Å²) in [6, 6.07) is 11.2. The van der Waals surface area contributed by atoms with Crippen LogP contribution in [0.2, 0.25) is 0 Å². The Balaban J connectivity index is 1.57. The fraction of sp³-hybridized carbons (Fsp3) is 0.333. The molecule has 1 aliphatic heterocycles. The molecule has 1 aliphatic rings. The van der Waals surface area contributed by atoms with Crippen molar-refractivity contribution < 1.29 is 23.8 Å². The highest BCUT2D eigenvalue weighted by molar-refractivity contribution is 6.03. The van der Waals surface area contributed by atoms with Crippen LogP contribution in [0.15, 0.2) is 60.9 Å². The summed E-state index contributed by atoms with van der Waals surface area (Å²) >= 11 is 0. The van der Waals surface area contributed by atoms with Crippen molar-refractivity contribution in [2.24, 2.45) is 7.05 Å². The average molecular weight is 614 g/mol. The molecular formula is C33H39N7O5. The number of rotatable bonds is 10. The molecule has 0 bridgehead atoms. The summed E-state index contributed by atoms with van der Waals surface area (Å²) < 4.78 is 18.8. The molecule has 236 valence electrons. The zero-order valence-corrected chi connectivity index (χ0v) is 26.3. The van der Waals surface area contributed by atoms with Gasteiger partial charge in [0.15, 0.2) is 0 Å². The normalized spacial score (nSPS) is 13.1. The maximum absolute atomic E-state index is 13.2. The van der Waals surface area contributed by atoms with Crippen molar-refractivity contribution in [3.05, 3.63) is 66.5 Å². The number of methoxy groups -OCH3 is 1. The molecule has 12 nitrogen and oxygen atoms in total. The van der Waals surface area contributed by atoms with Crippen LogP contribution in [-0.4, -0.2) is 72.6 Å². The van der Waals surface area contributed by atoms with Gasteiger partial charge in [0, 0.05) is 61.6 Å². The second-order valence-electron chi connectivity index (χ2n) is 11.1. The first kappa shape index (κ1) is 31.3. The van der Waals surface area contributed by atoms with Gasteiger partial charge < -0.3 is 39.6 Å². The van der Waals surface area contributed by atoms with E-state index in [4.69, 9.17) is 19.2 Å². The van der Waals surface area contributed by atoms with Crippen molar-refractivity contribution in [2.45, 2.75) is 26.9 Å². The van der Waals surface area contributed by atoms with E-state index in [0.29, 0.717) is 55.7 Å². The lowest BCUT2D eigenvalue weighted by atomic mass is 10.1. The quantitative estimate of drug-likeness (QED) is 0.157. The van der Waals surface area contributed by atoms with Gasteiger partial charge in [0.2, 0.25) is 5.95 Å². The molecule has 0 saturated carbocycles. The number of aryl methyl sites for hydroxylation is 1. The second kappa shape index (κ2) is 13.7. The first-order valence-electron chi connectivity index (χ1n) is 14.8. The van der Waals surface area contributed by atoms with Gasteiger partial charge in [-0.1, -0.05) is 30.4 Å². The molecule has 12 heteroatoms. The number of anilines is 4. The number of urea groups is 1. The van der Waals surface area contributed by atoms with Gasteiger partial charge in [-0.2, -0.15) is 0 Å². The molecule has 1 fully saturated rings. The van der Waals surface area contributed by atoms with Crippen molar-refractivity contribution >= 4 is 45.9 Å². The zero-order chi connectivity index (χ0) is 32.1. The van der Waals surface area contributed by atoms with E-state index < -0.39 is 5.97 Å². The molecule has 5 rings (SSSR count). The minimum Gasteiger partial charge on any atom is -0.494 e. The smallest absolute Gasteiger partial charge is 0.342 e. The number of benzene rings is 2. The molecular weight excluding hydrogens is 574 g/mol. The van der Waals surface area contributed by atoms with E-state index in [9.17, 15) is 9.59 Å². The summed E-state index contributed by atoms with van der Waals surface area (Å²) in [4.78, 5) is 37.5. The highest BCUT2D eigenvalue weighted by Crippen LogP contribution is 2.39. The van der Waals surface area contributed by atoms with Crippen LogP contribution in [0.1, 0.15) is 31.1 Å². The van der Waals surface area contributed by atoms with Gasteiger partial charge >= 0.3 is 12.0 Å². The summed E-state index contributed by atoms with van der Waals surface area (Å²) in [7, 11) is 3.52. The van der Waals surface area contributed by atoms with Crippen LogP contribution in [0.25, 0.3) is 22.2 Å². The zero-order valence-electron chi connectivity index (χ0n) is 26.3. The number of morpholine rings is 1. The maximum atomic E-state index is 13.2. The number of amides is 2. The number of fused-ring (bicyclic) bond motifs is 1. The third kappa shape index (κ3) is 7.18. The van der Waals surface area contributed by atoms with E-state index in [0.717, 1.165) is 27.7 Å². The van der Waals surface area contributed by atoms with Crippen LogP contribution < -0.4 is 25.6 Å². The molecule has 0 aliphatic carbocycles. The topological polar surface area (TPSA) is 132 Å². The number of para-hydroxylation sites is 1. The molecule has 4 aromatic rings. The van der Waals surface area contributed by atoms with E-state index in [1.807, 2.05) is 55.1 Å². The minimum atomic E-state index is -0.515. The molecule has 0 radical (unpaired) electrons. The molecule has 0 unspecified atom stereocenters. The van der Waals surface area contributed by atoms with Crippen LogP contribution >= 0.6 is 0 Å². The number of nitrogens with zero attached hydrogens (tertiary/aromatic N) is 4. The lowest BCUT2D eigenvalue weighted by Crippen LogP contribution is -2.37. The Hall–Kier alpha value is -5.10. The minimum absolute atomic E-state index is 0.231. The van der Waals surface area contributed by atoms with E-state index in [1.165, 1.54) is 6.20 Å². The van der Waals surface area contributed by atoms with Crippen LogP contribution in [0.3, 0.4) is 0 Å². The van der Waals surface area contributed by atoms with Gasteiger partial charge in [0.1, 0.15) is 11.3 Å². The lowest BCUT2D eigenvalue weighted by Gasteiger charge is -2.31. The predicted octanol–water partition coefficient (Wildman–Crippen LogP) is 5.49. The second-order valence-corrected chi connectivity index (χ2v) is 11.1. The van der Waals surface area contributed by atoms with Gasteiger partial charge in [0.25, 0.3) is 0 Å². The number of aromatic nitrogens is 3. The van der Waals surface area contributed by atoms with E-state index in [1.54, 1.807) is 27.0 Å². The third-order valence-electron chi connectivity index (χ3n) is 7.22. The third-order valence-corrected chi connectivity index (χ3v) is 7.22. The molecule has 2 amide bonds. The molecule has 0 spiro atoms. The van der Waals surface area contributed by atoms with Crippen LogP contribution in [0.5, 0.6) is 5.75 Å². The number of carbonyl (C=O) groups excluding carboxylic acids is 2. The standard InChI is InChI=1S/C33H39N7O5/c1-20(2)17-35-33(42)37-25-15-26(29(43-6)16-28(25)40-11-13-44-14-12-40)36-32-34-18-23(31(41)45-21(3)4)30(38-32)24-19-39(5)27-10-8-7-9-22(24)27/h7-10,15-16,18-19,21H,1,11-14,17H2,2-6H3,(H,34,36,38)(H2,35,37,42). The Bertz CT molecular complexity index is 1730. The van der Waals surface area contributed by atoms with E-state index in [2.05, 4.69) is 32.4 Å². The summed E-state index contributed by atoms with van der Waals surface area (Å²) in [5.74, 6) is 0.233. The molecule has 1 saturated heterocycles. The fourth-order valence-corrected chi connectivity index (χ4v) is 5.12. The summed E-state index contributed by atoms with van der Waals surface area (Å²) in [6.07, 6.45) is 3.09. The molecule has 2 aromatic carbocycles. The Labute approximate surface area is 262 Å². The van der Waals surface area contributed by atoms with Gasteiger partial charge in [-0.25, -0.2) is 19.6 Å². The van der Waals surface area contributed by atoms with Crippen molar-refractivity contribution in [1.82, 2.24) is 19.9 Å². The van der Waals surface area contributed by atoms with Crippen molar-refractivity contribution in [1.29, 1.82) is 0 Å². The highest BCUT2D eigenvalue weighted by atomic mass is 16.5. The van der Waals surface area contributed by atoms with E-state index in [-0.39, 0.29) is 23.6 Å². The first-order valence-corrected chi connectivity index (χ1v) is 14.8. The van der Waals surface area contributed by atoms with Gasteiger partial charge in [-0.3, -0.25) is 0 Å². The van der Waals surface area contributed by atoms with Crippen LogP contribution in [0.4, 0.5) is 27.8 Å². The Kier molecular flexibility index (Phi) is 9.53. The molecule has 2 aromatic heterocycles. The molecule has 45 heavy (non-hydrogen) atoms. The largest absolute Gasteiger partial charge is 0.494 e. The summed E-state index contributed by atoms with van der Waals surface area (Å²) in [6.45, 7) is 12.1. The SMILES string of the molecule is C=C(C)CNC(=O)Nc1cc(Nc2ncc(C(=O)OC(C)C)c(-c3cn(C)c4ccccc34)n2)c(OC)cc1N1CCOCC1. The summed E-state index contributed by atoms with van der Waals surface area (Å²) in [5.41, 5.74) is 5.13. The first-order chi connectivity index (χ1) is 21.6. The molecule has 3 heterocycles. The average Bonchev–Trinajstić information content (AvgIpc) is 3.36. The van der Waals surface area contributed by atoms with Crippen molar-refractivity contribution in [3.8, 4) is 17.0 Å². The van der Waals surface area contributed by atoms with Crippen LogP contribution in [0, 0.1) is 0 Å². The Morgan fingerprint density at radius 1 is 1.13 bits per heavy atom. The molecule has 3 N–H and O–H groups in total. The van der Waals surface area contributed by atoms with Crippen molar-refractivity contribution in [3.63, 3.8) is 0 Å². The Morgan fingerprint density at radius 3 is 2.60 bits per heavy atom. The number of esters is 1. The number of hydrogen-bond acceptors (Lipinski definition) is 9. The fourth-order valence-electron chi connectivity index (χ4n) is 5.12. The predicted molar refractivity (Wildman–Crippen MR) is 176 cm³/mol.